The smallest absolute Gasteiger partial charge is 0.423 e. The molecule has 0 spiro atoms. The van der Waals surface area contributed by atoms with Gasteiger partial charge in [-0.2, -0.15) is 0 Å². The number of fused-ring (bicyclic) bond motifs is 1. The van der Waals surface area contributed by atoms with E-state index in [4.69, 9.17) is 0 Å². The monoisotopic (exact) mass is 281 g/mol. The molecule has 2 N–H and O–H groups in total. The quantitative estimate of drug-likeness (QED) is 0.844. The van der Waals surface area contributed by atoms with Crippen molar-refractivity contribution in [3.8, 4) is 0 Å². The highest BCUT2D eigenvalue weighted by Gasteiger charge is 2.22. The molecule has 0 aliphatic carbocycles. The molecule has 0 saturated carbocycles. The van der Waals surface area contributed by atoms with Gasteiger partial charge in [-0.3, -0.25) is 0 Å². The molecule has 1 unspecified atom stereocenters. The summed E-state index contributed by atoms with van der Waals surface area (Å²) < 4.78 is 0. The molecule has 3 rings (SSSR count). The first-order valence-corrected chi connectivity index (χ1v) is 7.44. The summed E-state index contributed by atoms with van der Waals surface area (Å²) in [6.07, 6.45) is 1.15. The van der Waals surface area contributed by atoms with Crippen LogP contribution in [0.3, 0.4) is 0 Å². The number of para-hydroxylation sites is 1. The highest BCUT2D eigenvalue weighted by atomic mass is 16.4. The van der Waals surface area contributed by atoms with Crippen molar-refractivity contribution in [3.63, 3.8) is 0 Å². The Labute approximate surface area is 126 Å². The van der Waals surface area contributed by atoms with E-state index in [0.29, 0.717) is 11.4 Å². The summed E-state index contributed by atoms with van der Waals surface area (Å²) in [4.78, 5) is 2.37. The lowest BCUT2D eigenvalue weighted by Gasteiger charge is -2.34. The van der Waals surface area contributed by atoms with E-state index in [9.17, 15) is 10.0 Å². The number of hydrogen-bond donors (Lipinski definition) is 2. The van der Waals surface area contributed by atoms with E-state index in [1.165, 1.54) is 11.3 Å². The lowest BCUT2D eigenvalue weighted by Crippen LogP contribution is -2.32. The molecule has 0 bridgehead atoms. The summed E-state index contributed by atoms with van der Waals surface area (Å²) in [5.41, 5.74) is 4.35. The second kappa shape index (κ2) is 5.92. The fourth-order valence-corrected chi connectivity index (χ4v) is 3.05. The third kappa shape index (κ3) is 2.97. The van der Waals surface area contributed by atoms with Crippen molar-refractivity contribution in [2.75, 3.05) is 11.4 Å². The fourth-order valence-electron chi connectivity index (χ4n) is 3.05. The van der Waals surface area contributed by atoms with Crippen LogP contribution in [0.2, 0.25) is 0 Å². The van der Waals surface area contributed by atoms with Crippen molar-refractivity contribution in [2.45, 2.75) is 25.8 Å². The highest BCUT2D eigenvalue weighted by molar-refractivity contribution is 6.58. The lowest BCUT2D eigenvalue weighted by molar-refractivity contribution is 0.425. The zero-order valence-corrected chi connectivity index (χ0v) is 12.2. The van der Waals surface area contributed by atoms with Crippen LogP contribution in [0.25, 0.3) is 0 Å². The largest absolute Gasteiger partial charge is 0.488 e. The number of nitrogens with zero attached hydrogens (tertiary/aromatic N) is 1. The maximum Gasteiger partial charge on any atom is 0.488 e. The Morgan fingerprint density at radius 3 is 2.76 bits per heavy atom. The van der Waals surface area contributed by atoms with E-state index in [-0.39, 0.29) is 0 Å². The first-order chi connectivity index (χ1) is 10.1. The van der Waals surface area contributed by atoms with Crippen LogP contribution in [-0.4, -0.2) is 23.7 Å². The molecule has 0 aromatic heterocycles. The molecule has 0 amide bonds. The molecule has 0 radical (unpaired) electrons. The molecular weight excluding hydrogens is 261 g/mol. The van der Waals surface area contributed by atoms with Crippen molar-refractivity contribution in [1.29, 1.82) is 0 Å². The summed E-state index contributed by atoms with van der Waals surface area (Å²) in [5.74, 6) is 0.600. The molecule has 3 nitrogen and oxygen atoms in total. The fraction of sp³-hybridized carbons (Fsp3) is 0.294. The topological polar surface area (TPSA) is 43.7 Å². The van der Waals surface area contributed by atoms with E-state index < -0.39 is 7.12 Å². The van der Waals surface area contributed by atoms with Crippen LogP contribution in [0.15, 0.2) is 48.5 Å². The zero-order chi connectivity index (χ0) is 14.8. The van der Waals surface area contributed by atoms with Gasteiger partial charge >= 0.3 is 7.12 Å². The maximum atomic E-state index is 9.29. The normalized spacial score (nSPS) is 17.5. The maximum absolute atomic E-state index is 9.29. The predicted octanol–water partition coefficient (Wildman–Crippen LogP) is 1.88. The van der Waals surface area contributed by atoms with E-state index in [1.807, 2.05) is 18.2 Å². The van der Waals surface area contributed by atoms with Crippen LogP contribution < -0.4 is 10.4 Å². The number of rotatable bonds is 3. The van der Waals surface area contributed by atoms with Gasteiger partial charge in [-0.15, -0.1) is 0 Å². The Morgan fingerprint density at radius 2 is 1.95 bits per heavy atom. The molecule has 21 heavy (non-hydrogen) atoms. The predicted molar refractivity (Wildman–Crippen MR) is 86.8 cm³/mol. The summed E-state index contributed by atoms with van der Waals surface area (Å²) in [5, 5.41) is 18.6. The third-order valence-corrected chi connectivity index (χ3v) is 4.26. The molecule has 1 aliphatic rings. The Balaban J connectivity index is 1.86. The standard InChI is InChI=1S/C17H20BNO2/c1-13-9-10-19(17-8-3-2-7-16(13)17)12-14-5-4-6-15(11-14)18(20)21/h2-8,11,13,20-21H,9-10,12H2,1H3. The molecular formula is C17H20BNO2. The second-order valence-corrected chi connectivity index (χ2v) is 5.79. The first kappa shape index (κ1) is 14.2. The number of hydrogen-bond acceptors (Lipinski definition) is 3. The van der Waals surface area contributed by atoms with Gasteiger partial charge < -0.3 is 14.9 Å². The van der Waals surface area contributed by atoms with Gasteiger partial charge in [-0.05, 0) is 35.0 Å². The summed E-state index contributed by atoms with van der Waals surface area (Å²) in [6, 6.07) is 16.1. The Morgan fingerprint density at radius 1 is 1.14 bits per heavy atom. The van der Waals surface area contributed by atoms with Crippen LogP contribution in [0, 0.1) is 0 Å². The minimum absolute atomic E-state index is 0.547. The van der Waals surface area contributed by atoms with Gasteiger partial charge in [0, 0.05) is 18.8 Å². The van der Waals surface area contributed by atoms with Gasteiger partial charge in [0.05, 0.1) is 0 Å². The van der Waals surface area contributed by atoms with Gasteiger partial charge in [0.1, 0.15) is 0 Å². The van der Waals surface area contributed by atoms with E-state index in [1.54, 1.807) is 6.07 Å². The van der Waals surface area contributed by atoms with Crippen LogP contribution >= 0.6 is 0 Å². The van der Waals surface area contributed by atoms with Crippen molar-refractivity contribution in [1.82, 2.24) is 0 Å². The van der Waals surface area contributed by atoms with Gasteiger partial charge in [-0.25, -0.2) is 0 Å². The van der Waals surface area contributed by atoms with Gasteiger partial charge in [0.15, 0.2) is 0 Å². The molecule has 2 aromatic rings. The number of benzene rings is 2. The van der Waals surface area contributed by atoms with Crippen LogP contribution in [0.1, 0.15) is 30.4 Å². The summed E-state index contributed by atoms with van der Waals surface area (Å²) >= 11 is 0. The van der Waals surface area contributed by atoms with Crippen molar-refractivity contribution < 1.29 is 10.0 Å². The van der Waals surface area contributed by atoms with E-state index in [0.717, 1.165) is 25.1 Å². The van der Waals surface area contributed by atoms with Crippen LogP contribution in [0.4, 0.5) is 5.69 Å². The molecule has 2 aromatic carbocycles. The molecule has 4 heteroatoms. The Kier molecular flexibility index (Phi) is 4.00. The third-order valence-electron chi connectivity index (χ3n) is 4.26. The average molecular weight is 281 g/mol. The summed E-state index contributed by atoms with van der Waals surface area (Å²) in [7, 11) is -1.40. The summed E-state index contributed by atoms with van der Waals surface area (Å²) in [6.45, 7) is 4.10. The highest BCUT2D eigenvalue weighted by Crippen LogP contribution is 2.35. The Bertz CT molecular complexity index is 630. The minimum Gasteiger partial charge on any atom is -0.423 e. The Hall–Kier alpha value is -1.78. The average Bonchev–Trinajstić information content (AvgIpc) is 2.51. The second-order valence-electron chi connectivity index (χ2n) is 5.79. The molecule has 1 atom stereocenters. The van der Waals surface area contributed by atoms with Crippen molar-refractivity contribution in [3.05, 3.63) is 59.7 Å². The minimum atomic E-state index is -1.40. The SMILES string of the molecule is CC1CCN(Cc2cccc(B(O)O)c2)c2ccccc21. The molecule has 1 heterocycles. The number of anilines is 1. The molecule has 1 aliphatic heterocycles. The molecule has 0 saturated heterocycles. The first-order valence-electron chi connectivity index (χ1n) is 7.44. The van der Waals surface area contributed by atoms with Crippen molar-refractivity contribution >= 4 is 18.3 Å². The van der Waals surface area contributed by atoms with Gasteiger partial charge in [-0.1, -0.05) is 49.4 Å². The van der Waals surface area contributed by atoms with E-state index in [2.05, 4.69) is 36.1 Å². The van der Waals surface area contributed by atoms with Crippen LogP contribution in [-0.2, 0) is 6.54 Å². The van der Waals surface area contributed by atoms with Gasteiger partial charge in [0.2, 0.25) is 0 Å². The molecule has 0 fully saturated rings. The molecule has 108 valence electrons. The lowest BCUT2D eigenvalue weighted by atomic mass is 9.79. The van der Waals surface area contributed by atoms with E-state index >= 15 is 0 Å². The zero-order valence-electron chi connectivity index (χ0n) is 12.2. The van der Waals surface area contributed by atoms with Crippen molar-refractivity contribution in [2.24, 2.45) is 0 Å². The van der Waals surface area contributed by atoms with Crippen LogP contribution in [0.5, 0.6) is 0 Å². The van der Waals surface area contributed by atoms with Gasteiger partial charge in [0.25, 0.3) is 0 Å².